The number of aromatic nitrogens is 2. The van der Waals surface area contributed by atoms with Gasteiger partial charge in [-0.3, -0.25) is 19.3 Å². The Morgan fingerprint density at radius 1 is 0.909 bits per heavy atom. The summed E-state index contributed by atoms with van der Waals surface area (Å²) in [6, 6.07) is 20.0. The summed E-state index contributed by atoms with van der Waals surface area (Å²) in [4.78, 5) is 39.2. The van der Waals surface area contributed by atoms with E-state index in [1.54, 1.807) is 24.3 Å². The first kappa shape index (κ1) is 20.9. The molecular formula is C24H18N4O4S. The molecule has 164 valence electrons. The molecule has 1 aromatic heterocycles. The molecule has 0 radical (unpaired) electrons. The van der Waals surface area contributed by atoms with Crippen molar-refractivity contribution >= 4 is 45.9 Å². The van der Waals surface area contributed by atoms with Gasteiger partial charge in [0.1, 0.15) is 0 Å². The average Bonchev–Trinajstić information content (AvgIpc) is 3.29. The van der Waals surface area contributed by atoms with Crippen molar-refractivity contribution in [3.05, 3.63) is 83.7 Å². The number of carbonyl (C=O) groups is 3. The van der Waals surface area contributed by atoms with E-state index in [-0.39, 0.29) is 41.7 Å². The molecule has 3 aromatic carbocycles. The Balaban J connectivity index is 1.21. The molecule has 0 unspecified atom stereocenters. The number of benzene rings is 3. The first-order chi connectivity index (χ1) is 16.1. The predicted octanol–water partition coefficient (Wildman–Crippen LogP) is 3.79. The van der Waals surface area contributed by atoms with Crippen LogP contribution >= 0.6 is 11.8 Å². The van der Waals surface area contributed by atoms with Gasteiger partial charge >= 0.3 is 0 Å². The second-order valence-electron chi connectivity index (χ2n) is 7.39. The Hall–Kier alpha value is -3.98. The molecule has 9 heteroatoms. The minimum Gasteiger partial charge on any atom is -0.416 e. The zero-order valence-corrected chi connectivity index (χ0v) is 18.2. The molecule has 0 spiro atoms. The van der Waals surface area contributed by atoms with Crippen LogP contribution in [0.2, 0.25) is 0 Å². The largest absolute Gasteiger partial charge is 0.416 e. The van der Waals surface area contributed by atoms with E-state index in [2.05, 4.69) is 15.5 Å². The summed E-state index contributed by atoms with van der Waals surface area (Å²) in [6.07, 6.45) is 0.222. The van der Waals surface area contributed by atoms with Gasteiger partial charge in [-0.05, 0) is 29.7 Å². The lowest BCUT2D eigenvalue weighted by Crippen LogP contribution is -2.41. The normalized spacial score (nSPS) is 12.9. The Kier molecular flexibility index (Phi) is 5.62. The molecule has 0 saturated carbocycles. The number of nitrogens with one attached hydrogen (secondary N) is 1. The van der Waals surface area contributed by atoms with Gasteiger partial charge in [0.25, 0.3) is 17.0 Å². The van der Waals surface area contributed by atoms with Crippen LogP contribution in [0, 0.1) is 0 Å². The number of thioether (sulfide) groups is 1. The number of para-hydroxylation sites is 1. The van der Waals surface area contributed by atoms with Crippen LogP contribution in [0.25, 0.3) is 10.8 Å². The zero-order valence-electron chi connectivity index (χ0n) is 17.4. The standard InChI is InChI=1S/C24H18N4O4S/c29-19(25-16-8-2-1-3-9-16)14-33-24-27-26-20(32-24)12-13-28-22(30)17-10-4-6-15-7-5-11-18(21(15)17)23(28)31/h1-11H,12-14H2,(H,25,29). The van der Waals surface area contributed by atoms with Crippen LogP contribution in [0.15, 0.2) is 76.4 Å². The molecule has 0 atom stereocenters. The van der Waals surface area contributed by atoms with Crippen LogP contribution in [-0.4, -0.2) is 45.1 Å². The average molecular weight is 458 g/mol. The van der Waals surface area contributed by atoms with Gasteiger partial charge in [-0.2, -0.15) is 0 Å². The minimum absolute atomic E-state index is 0.112. The van der Waals surface area contributed by atoms with Gasteiger partial charge in [0.05, 0.1) is 5.75 Å². The number of anilines is 1. The number of hydrogen-bond donors (Lipinski definition) is 1. The quantitative estimate of drug-likeness (QED) is 0.332. The number of nitrogens with zero attached hydrogens (tertiary/aromatic N) is 3. The van der Waals surface area contributed by atoms with Crippen molar-refractivity contribution in [2.24, 2.45) is 0 Å². The molecule has 1 aliphatic heterocycles. The van der Waals surface area contributed by atoms with Gasteiger partial charge in [-0.25, -0.2) is 0 Å². The topological polar surface area (TPSA) is 105 Å². The molecule has 0 aliphatic carbocycles. The van der Waals surface area contributed by atoms with Gasteiger partial charge < -0.3 is 9.73 Å². The fraction of sp³-hybridized carbons (Fsp3) is 0.125. The molecule has 0 bridgehead atoms. The highest BCUT2D eigenvalue weighted by atomic mass is 32.2. The highest BCUT2D eigenvalue weighted by Gasteiger charge is 2.32. The van der Waals surface area contributed by atoms with E-state index >= 15 is 0 Å². The van der Waals surface area contributed by atoms with Gasteiger partial charge in [-0.15, -0.1) is 10.2 Å². The number of rotatable bonds is 7. The second-order valence-corrected chi connectivity index (χ2v) is 8.31. The summed E-state index contributed by atoms with van der Waals surface area (Å²) < 4.78 is 5.58. The van der Waals surface area contributed by atoms with E-state index < -0.39 is 0 Å². The molecule has 1 N–H and O–H groups in total. The zero-order chi connectivity index (χ0) is 22.8. The van der Waals surface area contributed by atoms with Crippen molar-refractivity contribution in [3.63, 3.8) is 0 Å². The molecule has 33 heavy (non-hydrogen) atoms. The summed E-state index contributed by atoms with van der Waals surface area (Å²) in [5, 5.41) is 12.5. The smallest absolute Gasteiger partial charge is 0.277 e. The summed E-state index contributed by atoms with van der Waals surface area (Å²) in [5.41, 5.74) is 1.73. The first-order valence-electron chi connectivity index (χ1n) is 10.3. The third-order valence-corrected chi connectivity index (χ3v) is 6.06. The maximum Gasteiger partial charge on any atom is 0.277 e. The molecule has 4 aromatic rings. The van der Waals surface area contributed by atoms with Gasteiger partial charge in [0.15, 0.2) is 0 Å². The van der Waals surface area contributed by atoms with Crippen LogP contribution in [-0.2, 0) is 11.2 Å². The first-order valence-corrected chi connectivity index (χ1v) is 11.3. The van der Waals surface area contributed by atoms with Gasteiger partial charge in [-0.1, -0.05) is 54.2 Å². The number of amides is 3. The second kappa shape index (κ2) is 8.87. The Morgan fingerprint density at radius 3 is 2.30 bits per heavy atom. The summed E-state index contributed by atoms with van der Waals surface area (Å²) >= 11 is 1.12. The maximum atomic E-state index is 13.0. The van der Waals surface area contributed by atoms with Crippen molar-refractivity contribution in [1.82, 2.24) is 15.1 Å². The molecule has 5 rings (SSSR count). The minimum atomic E-state index is -0.337. The number of carbonyl (C=O) groups excluding carboxylic acids is 3. The van der Waals surface area contributed by atoms with Crippen molar-refractivity contribution < 1.29 is 18.8 Å². The van der Waals surface area contributed by atoms with Gasteiger partial charge in [0.2, 0.25) is 11.8 Å². The van der Waals surface area contributed by atoms with E-state index in [9.17, 15) is 14.4 Å². The van der Waals surface area contributed by atoms with Crippen molar-refractivity contribution in [2.75, 3.05) is 17.6 Å². The number of imide groups is 1. The molecule has 8 nitrogen and oxygen atoms in total. The van der Waals surface area contributed by atoms with Crippen LogP contribution in [0.3, 0.4) is 0 Å². The van der Waals surface area contributed by atoms with E-state index in [1.807, 2.05) is 42.5 Å². The fourth-order valence-corrected chi connectivity index (χ4v) is 4.31. The van der Waals surface area contributed by atoms with Crippen molar-refractivity contribution in [2.45, 2.75) is 11.6 Å². The molecule has 0 saturated heterocycles. The molecule has 2 heterocycles. The molecular weight excluding hydrogens is 440 g/mol. The van der Waals surface area contributed by atoms with Crippen LogP contribution in [0.1, 0.15) is 26.6 Å². The third kappa shape index (κ3) is 4.22. The lowest BCUT2D eigenvalue weighted by Gasteiger charge is -2.26. The Labute approximate surface area is 193 Å². The summed E-state index contributed by atoms with van der Waals surface area (Å²) in [6.45, 7) is 0.114. The van der Waals surface area contributed by atoms with Crippen LogP contribution in [0.4, 0.5) is 5.69 Å². The lowest BCUT2D eigenvalue weighted by molar-refractivity contribution is -0.113. The van der Waals surface area contributed by atoms with E-state index in [0.29, 0.717) is 28.1 Å². The number of hydrogen-bond acceptors (Lipinski definition) is 7. The summed E-state index contributed by atoms with van der Waals surface area (Å²) in [5.74, 6) is -0.464. The molecule has 3 amide bonds. The monoisotopic (exact) mass is 458 g/mol. The van der Waals surface area contributed by atoms with Gasteiger partial charge in [0, 0.05) is 35.2 Å². The maximum absolute atomic E-state index is 13.0. The Morgan fingerprint density at radius 2 is 1.61 bits per heavy atom. The van der Waals surface area contributed by atoms with E-state index in [1.165, 1.54) is 4.90 Å². The van der Waals surface area contributed by atoms with Crippen molar-refractivity contribution in [1.29, 1.82) is 0 Å². The highest BCUT2D eigenvalue weighted by Crippen LogP contribution is 2.30. The van der Waals surface area contributed by atoms with E-state index in [0.717, 1.165) is 17.1 Å². The highest BCUT2D eigenvalue weighted by molar-refractivity contribution is 7.99. The SMILES string of the molecule is O=C(CSc1nnc(CCN2C(=O)c3cccc4cccc(c34)C2=O)o1)Nc1ccccc1. The van der Waals surface area contributed by atoms with E-state index in [4.69, 9.17) is 4.42 Å². The fourth-order valence-electron chi connectivity index (χ4n) is 3.73. The van der Waals surface area contributed by atoms with Crippen LogP contribution < -0.4 is 5.32 Å². The predicted molar refractivity (Wildman–Crippen MR) is 123 cm³/mol. The Bertz CT molecular complexity index is 1320. The third-order valence-electron chi connectivity index (χ3n) is 5.24. The van der Waals surface area contributed by atoms with Crippen molar-refractivity contribution in [3.8, 4) is 0 Å². The van der Waals surface area contributed by atoms with Crippen LogP contribution in [0.5, 0.6) is 0 Å². The summed E-state index contributed by atoms with van der Waals surface area (Å²) in [7, 11) is 0. The molecule has 1 aliphatic rings. The lowest BCUT2D eigenvalue weighted by atomic mass is 9.94. The molecule has 0 fully saturated rings.